The topological polar surface area (TPSA) is 68.1 Å². The lowest BCUT2D eigenvalue weighted by molar-refractivity contribution is 0.0926. The Kier molecular flexibility index (Phi) is 4.32. The molecule has 1 aliphatic heterocycles. The summed E-state index contributed by atoms with van der Waals surface area (Å²) in [6.45, 7) is 1.61. The minimum Gasteiger partial charge on any atom is -0.268 e. The average molecular weight is 459 g/mol. The molecule has 4 aromatic rings. The molecule has 0 fully saturated rings. The Balaban J connectivity index is 1.71. The number of amides is 2. The SMILES string of the molecule is Cc1nn(-c2ccc(F)cc2F)c2ncc3c(c12)C(=O)N(c1ccc(Cl)c(Cl)c1)C3=O. The molecule has 0 unspecified atom stereocenters. The van der Waals surface area contributed by atoms with E-state index in [9.17, 15) is 18.4 Å². The number of halogens is 4. The first-order valence-electron chi connectivity index (χ1n) is 8.95. The van der Waals surface area contributed by atoms with Gasteiger partial charge in [-0.25, -0.2) is 23.3 Å². The van der Waals surface area contributed by atoms with Crippen molar-refractivity contribution in [2.75, 3.05) is 4.90 Å². The summed E-state index contributed by atoms with van der Waals surface area (Å²) in [7, 11) is 0. The summed E-state index contributed by atoms with van der Waals surface area (Å²) in [6.07, 6.45) is 1.24. The molecular weight excluding hydrogens is 449 g/mol. The molecule has 31 heavy (non-hydrogen) atoms. The largest absolute Gasteiger partial charge is 0.268 e. The van der Waals surface area contributed by atoms with Crippen LogP contribution in [0.3, 0.4) is 0 Å². The lowest BCUT2D eigenvalue weighted by atomic mass is 10.1. The smallest absolute Gasteiger partial charge is 0.267 e. The maximum atomic E-state index is 14.4. The predicted octanol–water partition coefficient (Wildman–Crippen LogP) is 5.11. The van der Waals surface area contributed by atoms with E-state index in [1.807, 2.05) is 0 Å². The van der Waals surface area contributed by atoms with Crippen molar-refractivity contribution in [2.45, 2.75) is 6.92 Å². The van der Waals surface area contributed by atoms with E-state index in [0.717, 1.165) is 17.0 Å². The second-order valence-corrected chi connectivity index (χ2v) is 7.70. The minimum absolute atomic E-state index is 0.0370. The van der Waals surface area contributed by atoms with Gasteiger partial charge in [-0.1, -0.05) is 23.2 Å². The van der Waals surface area contributed by atoms with E-state index < -0.39 is 23.4 Å². The molecule has 2 amide bonds. The first-order valence-corrected chi connectivity index (χ1v) is 9.71. The molecule has 0 bridgehead atoms. The van der Waals surface area contributed by atoms with E-state index in [1.54, 1.807) is 6.92 Å². The number of carbonyl (C=O) groups is 2. The molecule has 6 nitrogen and oxygen atoms in total. The quantitative estimate of drug-likeness (QED) is 0.391. The number of aryl methyl sites for hydroxylation is 1. The van der Waals surface area contributed by atoms with E-state index in [2.05, 4.69) is 10.1 Å². The molecule has 0 spiro atoms. The molecule has 0 N–H and O–H groups in total. The Hall–Kier alpha value is -3.36. The van der Waals surface area contributed by atoms with Crippen LogP contribution in [0, 0.1) is 18.6 Å². The van der Waals surface area contributed by atoms with Crippen LogP contribution >= 0.6 is 23.2 Å². The normalized spacial score (nSPS) is 13.4. The Labute approximate surface area is 183 Å². The van der Waals surface area contributed by atoms with Gasteiger partial charge in [-0.05, 0) is 37.3 Å². The number of rotatable bonds is 2. The summed E-state index contributed by atoms with van der Waals surface area (Å²) in [5.41, 5.74) is 0.936. The van der Waals surface area contributed by atoms with Crippen molar-refractivity contribution in [3.63, 3.8) is 0 Å². The van der Waals surface area contributed by atoms with E-state index in [0.29, 0.717) is 11.1 Å². The maximum absolute atomic E-state index is 14.4. The Bertz CT molecular complexity index is 1450. The van der Waals surface area contributed by atoms with Crippen molar-refractivity contribution < 1.29 is 18.4 Å². The Morgan fingerprint density at radius 2 is 1.74 bits per heavy atom. The Morgan fingerprint density at radius 1 is 0.968 bits per heavy atom. The number of fused-ring (bicyclic) bond motifs is 3. The van der Waals surface area contributed by atoms with Gasteiger partial charge >= 0.3 is 0 Å². The number of benzene rings is 2. The molecule has 10 heteroatoms. The van der Waals surface area contributed by atoms with Gasteiger partial charge in [0.15, 0.2) is 11.5 Å². The molecule has 3 heterocycles. The zero-order chi connectivity index (χ0) is 22.0. The molecule has 1 aliphatic rings. The summed E-state index contributed by atoms with van der Waals surface area (Å²) >= 11 is 12.0. The number of anilines is 1. The number of imide groups is 1. The second kappa shape index (κ2) is 6.83. The number of nitrogens with zero attached hydrogens (tertiary/aromatic N) is 4. The van der Waals surface area contributed by atoms with Crippen molar-refractivity contribution in [3.8, 4) is 5.69 Å². The molecule has 5 rings (SSSR count). The summed E-state index contributed by atoms with van der Waals surface area (Å²) in [5, 5.41) is 5.06. The lowest BCUT2D eigenvalue weighted by Crippen LogP contribution is -2.29. The van der Waals surface area contributed by atoms with Crippen LogP contribution in [-0.2, 0) is 0 Å². The zero-order valence-corrected chi connectivity index (χ0v) is 17.2. The Morgan fingerprint density at radius 3 is 2.45 bits per heavy atom. The van der Waals surface area contributed by atoms with E-state index in [-0.39, 0.29) is 38.2 Å². The summed E-state index contributed by atoms with van der Waals surface area (Å²) < 4.78 is 28.9. The first-order chi connectivity index (χ1) is 14.8. The zero-order valence-electron chi connectivity index (χ0n) is 15.7. The van der Waals surface area contributed by atoms with Crippen LogP contribution in [0.2, 0.25) is 10.0 Å². The molecule has 0 aliphatic carbocycles. The summed E-state index contributed by atoms with van der Waals surface area (Å²) in [6, 6.07) is 7.45. The molecule has 2 aromatic heterocycles. The molecule has 2 aromatic carbocycles. The van der Waals surface area contributed by atoms with Crippen LogP contribution in [0.4, 0.5) is 14.5 Å². The van der Waals surface area contributed by atoms with E-state index in [4.69, 9.17) is 23.2 Å². The van der Waals surface area contributed by atoms with Gasteiger partial charge in [0.1, 0.15) is 11.5 Å². The summed E-state index contributed by atoms with van der Waals surface area (Å²) in [5.74, 6) is -2.74. The van der Waals surface area contributed by atoms with Gasteiger partial charge in [0.05, 0.1) is 37.9 Å². The van der Waals surface area contributed by atoms with Crippen LogP contribution < -0.4 is 4.90 Å². The molecule has 0 atom stereocenters. The van der Waals surface area contributed by atoms with Gasteiger partial charge in [-0.15, -0.1) is 0 Å². The van der Waals surface area contributed by atoms with Gasteiger partial charge in [0, 0.05) is 12.3 Å². The van der Waals surface area contributed by atoms with Gasteiger partial charge < -0.3 is 0 Å². The third-order valence-corrected chi connectivity index (χ3v) is 5.76. The van der Waals surface area contributed by atoms with Crippen molar-refractivity contribution >= 4 is 51.7 Å². The van der Waals surface area contributed by atoms with Crippen molar-refractivity contribution in [1.29, 1.82) is 0 Å². The van der Waals surface area contributed by atoms with Gasteiger partial charge in [0.25, 0.3) is 11.8 Å². The molecule has 0 radical (unpaired) electrons. The predicted molar refractivity (Wildman–Crippen MR) is 111 cm³/mol. The number of pyridine rings is 1. The highest BCUT2D eigenvalue weighted by Crippen LogP contribution is 2.36. The molecule has 154 valence electrons. The highest BCUT2D eigenvalue weighted by Gasteiger charge is 2.40. The second-order valence-electron chi connectivity index (χ2n) is 6.88. The maximum Gasteiger partial charge on any atom is 0.267 e. The average Bonchev–Trinajstić information content (AvgIpc) is 3.18. The third kappa shape index (κ3) is 2.83. The van der Waals surface area contributed by atoms with Gasteiger partial charge in [-0.3, -0.25) is 9.59 Å². The fourth-order valence-electron chi connectivity index (χ4n) is 3.64. The number of hydrogen-bond donors (Lipinski definition) is 0. The van der Waals surface area contributed by atoms with Crippen molar-refractivity contribution in [3.05, 3.63) is 81.1 Å². The number of hydrogen-bond acceptors (Lipinski definition) is 4. The first kappa shape index (κ1) is 19.6. The number of aromatic nitrogens is 3. The highest BCUT2D eigenvalue weighted by atomic mass is 35.5. The van der Waals surface area contributed by atoms with Crippen molar-refractivity contribution in [2.24, 2.45) is 0 Å². The van der Waals surface area contributed by atoms with E-state index in [1.165, 1.54) is 35.1 Å². The lowest BCUT2D eigenvalue weighted by Gasteiger charge is -2.14. The third-order valence-electron chi connectivity index (χ3n) is 5.02. The van der Waals surface area contributed by atoms with Gasteiger partial charge in [0.2, 0.25) is 0 Å². The highest BCUT2D eigenvalue weighted by molar-refractivity contribution is 6.43. The van der Waals surface area contributed by atoms with Crippen LogP contribution in [0.15, 0.2) is 42.6 Å². The van der Waals surface area contributed by atoms with Crippen LogP contribution in [0.25, 0.3) is 16.7 Å². The van der Waals surface area contributed by atoms with Crippen LogP contribution in [-0.4, -0.2) is 26.6 Å². The monoisotopic (exact) mass is 458 g/mol. The van der Waals surface area contributed by atoms with E-state index >= 15 is 0 Å². The standard InChI is InChI=1S/C21H10Cl2F2N4O2/c1-9-17-18-12(20(30)28(21(18)31)11-3-4-13(22)14(23)7-11)8-26-19(17)29(27-9)16-5-2-10(24)6-15(16)25/h2-8H,1H3. The summed E-state index contributed by atoms with van der Waals surface area (Å²) in [4.78, 5) is 31.5. The molecule has 0 saturated heterocycles. The fraction of sp³-hybridized carbons (Fsp3) is 0.0476. The van der Waals surface area contributed by atoms with Crippen LogP contribution in [0.5, 0.6) is 0 Å². The van der Waals surface area contributed by atoms with Gasteiger partial charge in [-0.2, -0.15) is 5.10 Å². The minimum atomic E-state index is -0.841. The number of carbonyl (C=O) groups excluding carboxylic acids is 2. The fourth-order valence-corrected chi connectivity index (χ4v) is 3.93. The molecular formula is C21H10Cl2F2N4O2. The van der Waals surface area contributed by atoms with Crippen molar-refractivity contribution in [1.82, 2.24) is 14.8 Å². The van der Waals surface area contributed by atoms with Crippen LogP contribution in [0.1, 0.15) is 26.4 Å². The molecule has 0 saturated carbocycles.